The summed E-state index contributed by atoms with van der Waals surface area (Å²) in [7, 11) is -3.65. The third-order valence-electron chi connectivity index (χ3n) is 7.67. The Morgan fingerprint density at radius 3 is 2.42 bits per heavy atom. The van der Waals surface area contributed by atoms with Crippen LogP contribution in [0.15, 0.2) is 22.7 Å². The summed E-state index contributed by atoms with van der Waals surface area (Å²) in [6.07, 6.45) is 6.91. The van der Waals surface area contributed by atoms with Gasteiger partial charge in [0.15, 0.2) is 0 Å². The van der Waals surface area contributed by atoms with Gasteiger partial charge in [-0.05, 0) is 81.8 Å². The van der Waals surface area contributed by atoms with Crippen molar-refractivity contribution in [1.29, 1.82) is 0 Å². The Bertz CT molecular complexity index is 1270. The molecule has 2 amide bonds. The van der Waals surface area contributed by atoms with Crippen molar-refractivity contribution >= 4 is 27.5 Å². The molecule has 2 saturated carbocycles. The van der Waals surface area contributed by atoms with E-state index in [1.54, 1.807) is 0 Å². The smallest absolute Gasteiger partial charge is 0.233 e. The number of aromatic nitrogens is 1. The van der Waals surface area contributed by atoms with Gasteiger partial charge in [0.1, 0.15) is 5.76 Å². The first-order chi connectivity index (χ1) is 17.9. The van der Waals surface area contributed by atoms with E-state index in [-0.39, 0.29) is 24.7 Å². The van der Waals surface area contributed by atoms with Gasteiger partial charge in [0.25, 0.3) is 0 Å². The standard InChI is InChI=1S/C29H41N3O5S/c1-17(2)12-20-14-23(15-20)29-27(21-7-8-21)28(31-37-29)22(9-11-25(33)32-38(5,35)36)16-26(34)30-24-10-6-18(3)13-19(24)4/h6,10,13,17,20-23H,7-9,11-12,14-16H2,1-5H3,(H,30,34)(H,32,33)/t20-,22-,23+/m0/s1. The second-order valence-corrected chi connectivity index (χ2v) is 13.6. The maximum absolute atomic E-state index is 13.2. The number of carbonyl (C=O) groups is 2. The summed E-state index contributed by atoms with van der Waals surface area (Å²) >= 11 is 0. The fraction of sp³-hybridized carbons (Fsp3) is 0.621. The van der Waals surface area contributed by atoms with Crippen molar-refractivity contribution in [2.75, 3.05) is 11.6 Å². The number of hydrogen-bond donors (Lipinski definition) is 2. The number of benzene rings is 1. The van der Waals surface area contributed by atoms with Crippen LogP contribution in [0.2, 0.25) is 0 Å². The summed E-state index contributed by atoms with van der Waals surface area (Å²) in [6.45, 7) is 8.47. The van der Waals surface area contributed by atoms with Gasteiger partial charge in [0, 0.05) is 35.9 Å². The normalized spacial score (nSPS) is 20.2. The van der Waals surface area contributed by atoms with Crippen molar-refractivity contribution in [3.05, 3.63) is 46.3 Å². The molecule has 0 bridgehead atoms. The molecule has 2 aromatic rings. The van der Waals surface area contributed by atoms with Gasteiger partial charge in [-0.15, -0.1) is 0 Å². The average molecular weight is 544 g/mol. The van der Waals surface area contributed by atoms with Gasteiger partial charge < -0.3 is 9.84 Å². The van der Waals surface area contributed by atoms with Crippen LogP contribution < -0.4 is 10.0 Å². The van der Waals surface area contributed by atoms with Crippen molar-refractivity contribution < 1.29 is 22.5 Å². The van der Waals surface area contributed by atoms with Crippen molar-refractivity contribution in [1.82, 2.24) is 9.88 Å². The van der Waals surface area contributed by atoms with Crippen molar-refractivity contribution in [2.45, 2.75) is 96.8 Å². The molecule has 1 aromatic heterocycles. The molecule has 8 nitrogen and oxygen atoms in total. The Labute approximate surface area is 226 Å². The van der Waals surface area contributed by atoms with Crippen molar-refractivity contribution in [3.63, 3.8) is 0 Å². The summed E-state index contributed by atoms with van der Waals surface area (Å²) in [5.74, 6) is 1.97. The van der Waals surface area contributed by atoms with Crippen molar-refractivity contribution in [2.24, 2.45) is 11.8 Å². The van der Waals surface area contributed by atoms with Crippen LogP contribution in [0.4, 0.5) is 5.69 Å². The Morgan fingerprint density at radius 1 is 1.11 bits per heavy atom. The summed E-state index contributed by atoms with van der Waals surface area (Å²) in [5, 5.41) is 7.51. The fourth-order valence-electron chi connectivity index (χ4n) is 5.78. The first kappa shape index (κ1) is 28.3. The lowest BCUT2D eigenvalue weighted by Gasteiger charge is -2.35. The molecule has 1 aromatic carbocycles. The summed E-state index contributed by atoms with van der Waals surface area (Å²) in [4.78, 5) is 25.5. The third kappa shape index (κ3) is 7.46. The van der Waals surface area contributed by atoms with Crippen LogP contribution in [0.3, 0.4) is 0 Å². The Balaban J connectivity index is 1.54. The third-order valence-corrected chi connectivity index (χ3v) is 8.27. The highest BCUT2D eigenvalue weighted by molar-refractivity contribution is 7.89. The zero-order valence-corrected chi connectivity index (χ0v) is 24.0. The van der Waals surface area contributed by atoms with Crippen LogP contribution >= 0.6 is 0 Å². The van der Waals surface area contributed by atoms with Gasteiger partial charge in [-0.1, -0.05) is 36.7 Å². The number of amides is 2. The topological polar surface area (TPSA) is 118 Å². The quantitative estimate of drug-likeness (QED) is 0.356. The monoisotopic (exact) mass is 543 g/mol. The van der Waals surface area contributed by atoms with Crippen molar-refractivity contribution in [3.8, 4) is 0 Å². The molecule has 0 saturated heterocycles. The minimum absolute atomic E-state index is 0.0270. The van der Waals surface area contributed by atoms with Gasteiger partial charge in [-0.2, -0.15) is 0 Å². The predicted molar refractivity (Wildman–Crippen MR) is 148 cm³/mol. The van der Waals surface area contributed by atoms with E-state index >= 15 is 0 Å². The zero-order valence-electron chi connectivity index (χ0n) is 23.2. The van der Waals surface area contributed by atoms with Crippen LogP contribution in [-0.2, 0) is 19.6 Å². The minimum Gasteiger partial charge on any atom is -0.361 e. The molecular formula is C29H41N3O5S. The number of anilines is 1. The van der Waals surface area contributed by atoms with Gasteiger partial charge in [0.05, 0.1) is 11.9 Å². The number of sulfonamides is 1. The molecular weight excluding hydrogens is 502 g/mol. The first-order valence-corrected chi connectivity index (χ1v) is 15.7. The molecule has 0 aliphatic heterocycles. The van der Waals surface area contributed by atoms with E-state index in [1.165, 1.54) is 6.42 Å². The molecule has 38 heavy (non-hydrogen) atoms. The van der Waals surface area contributed by atoms with E-state index in [2.05, 4.69) is 24.3 Å². The molecule has 208 valence electrons. The van der Waals surface area contributed by atoms with E-state index in [0.29, 0.717) is 30.1 Å². The molecule has 2 fully saturated rings. The lowest BCUT2D eigenvalue weighted by Crippen LogP contribution is -2.29. The molecule has 2 aliphatic carbocycles. The lowest BCUT2D eigenvalue weighted by molar-refractivity contribution is -0.120. The summed E-state index contributed by atoms with van der Waals surface area (Å²) in [6, 6.07) is 5.87. The average Bonchev–Trinajstić information content (AvgIpc) is 3.52. The molecule has 1 atom stereocenters. The van der Waals surface area contributed by atoms with Crippen LogP contribution in [0.1, 0.15) is 111 Å². The van der Waals surface area contributed by atoms with E-state index in [0.717, 1.165) is 65.8 Å². The molecule has 0 unspecified atom stereocenters. The Morgan fingerprint density at radius 2 is 1.82 bits per heavy atom. The second kappa shape index (κ2) is 11.6. The van der Waals surface area contributed by atoms with E-state index in [1.807, 2.05) is 36.8 Å². The van der Waals surface area contributed by atoms with E-state index < -0.39 is 15.9 Å². The number of nitrogens with zero attached hydrogens (tertiary/aromatic N) is 1. The minimum atomic E-state index is -3.65. The molecule has 9 heteroatoms. The fourth-order valence-corrected chi connectivity index (χ4v) is 6.30. The van der Waals surface area contributed by atoms with Gasteiger partial charge in [-0.3, -0.25) is 14.3 Å². The zero-order chi connectivity index (χ0) is 27.6. The maximum atomic E-state index is 13.2. The number of nitrogens with one attached hydrogen (secondary N) is 2. The number of rotatable bonds is 12. The molecule has 2 aliphatic rings. The van der Waals surface area contributed by atoms with Gasteiger partial charge >= 0.3 is 0 Å². The number of aryl methyl sites for hydroxylation is 2. The van der Waals surface area contributed by atoms with Gasteiger partial charge in [-0.25, -0.2) is 8.42 Å². The molecule has 2 N–H and O–H groups in total. The first-order valence-electron chi connectivity index (χ1n) is 13.8. The maximum Gasteiger partial charge on any atom is 0.233 e. The molecule has 4 rings (SSSR count). The second-order valence-electron chi connectivity index (χ2n) is 11.9. The van der Waals surface area contributed by atoms with Crippen LogP contribution in [0, 0.1) is 25.7 Å². The van der Waals surface area contributed by atoms with Crippen LogP contribution in [0.25, 0.3) is 0 Å². The Kier molecular flexibility index (Phi) is 8.65. The predicted octanol–water partition coefficient (Wildman–Crippen LogP) is 5.68. The highest BCUT2D eigenvalue weighted by Gasteiger charge is 2.41. The highest BCUT2D eigenvalue weighted by Crippen LogP contribution is 2.52. The summed E-state index contributed by atoms with van der Waals surface area (Å²) < 4.78 is 31.1. The van der Waals surface area contributed by atoms with Crippen LogP contribution in [-0.4, -0.2) is 31.6 Å². The van der Waals surface area contributed by atoms with E-state index in [9.17, 15) is 18.0 Å². The SMILES string of the molecule is Cc1ccc(NC(=O)C[C@H](CCC(=O)NS(C)(=O)=O)c2noc([C@H]3C[C@@H](CC(C)C)C3)c2C2CC2)c(C)c1. The van der Waals surface area contributed by atoms with Gasteiger partial charge in [0.2, 0.25) is 21.8 Å². The van der Waals surface area contributed by atoms with Crippen LogP contribution in [0.5, 0.6) is 0 Å². The number of carbonyl (C=O) groups excluding carboxylic acids is 2. The number of hydrogen-bond acceptors (Lipinski definition) is 6. The van der Waals surface area contributed by atoms with E-state index in [4.69, 9.17) is 4.52 Å². The largest absolute Gasteiger partial charge is 0.361 e. The molecule has 0 radical (unpaired) electrons. The Hall–Kier alpha value is -2.68. The lowest BCUT2D eigenvalue weighted by atomic mass is 9.69. The summed E-state index contributed by atoms with van der Waals surface area (Å²) in [5.41, 5.74) is 4.74. The highest BCUT2D eigenvalue weighted by atomic mass is 32.2. The molecule has 0 spiro atoms. The molecule has 1 heterocycles.